The first-order valence-electron chi connectivity index (χ1n) is 11.5. The Balaban J connectivity index is 1.26. The second-order valence-corrected chi connectivity index (χ2v) is 11.5. The number of amides is 1. The fourth-order valence-electron chi connectivity index (χ4n) is 4.51. The number of hydrogen-bond donors (Lipinski definition) is 0. The van der Waals surface area contributed by atoms with Crippen molar-refractivity contribution in [3.63, 3.8) is 0 Å². The highest BCUT2D eigenvalue weighted by molar-refractivity contribution is 8.00. The Hall–Kier alpha value is -2.23. The lowest BCUT2D eigenvalue weighted by Gasteiger charge is -2.26. The summed E-state index contributed by atoms with van der Waals surface area (Å²) in [4.78, 5) is 16.0. The highest BCUT2D eigenvalue weighted by Crippen LogP contribution is 2.35. The molecule has 9 heteroatoms. The highest BCUT2D eigenvalue weighted by atomic mass is 32.2. The summed E-state index contributed by atoms with van der Waals surface area (Å²) in [5.41, 5.74) is 1.74. The van der Waals surface area contributed by atoms with Crippen LogP contribution in [0.25, 0.3) is 0 Å². The van der Waals surface area contributed by atoms with Gasteiger partial charge >= 0.3 is 0 Å². The molecule has 0 atom stereocenters. The molecule has 176 valence electrons. The molecule has 0 N–H and O–H groups in total. The number of fused-ring (bicyclic) bond motifs is 2. The average Bonchev–Trinajstić information content (AvgIpc) is 3.13. The number of benzene rings is 2. The quantitative estimate of drug-likeness (QED) is 0.598. The largest absolute Gasteiger partial charge is 0.490 e. The summed E-state index contributed by atoms with van der Waals surface area (Å²) in [6, 6.07) is 10.9. The summed E-state index contributed by atoms with van der Waals surface area (Å²) >= 11 is 1.47. The van der Waals surface area contributed by atoms with Gasteiger partial charge in [-0.3, -0.25) is 4.79 Å². The third-order valence-corrected chi connectivity index (χ3v) is 9.15. The first kappa shape index (κ1) is 22.6. The lowest BCUT2D eigenvalue weighted by molar-refractivity contribution is -0.116. The molecule has 5 rings (SSSR count). The van der Waals surface area contributed by atoms with Gasteiger partial charge in [0.2, 0.25) is 15.9 Å². The van der Waals surface area contributed by atoms with Crippen molar-refractivity contribution < 1.29 is 22.7 Å². The van der Waals surface area contributed by atoms with Crippen LogP contribution < -0.4 is 14.4 Å². The van der Waals surface area contributed by atoms with Gasteiger partial charge in [-0.25, -0.2) is 8.42 Å². The van der Waals surface area contributed by atoms with Crippen LogP contribution in [0.5, 0.6) is 11.5 Å². The summed E-state index contributed by atoms with van der Waals surface area (Å²) in [6.45, 7) is 3.01. The molecule has 2 aromatic rings. The van der Waals surface area contributed by atoms with E-state index < -0.39 is 10.0 Å². The molecule has 1 saturated heterocycles. The first-order valence-corrected chi connectivity index (χ1v) is 13.9. The Morgan fingerprint density at radius 1 is 0.909 bits per heavy atom. The number of carbonyl (C=O) groups is 1. The predicted octanol–water partition coefficient (Wildman–Crippen LogP) is 3.70. The Bertz CT molecular complexity index is 1150. The normalized spacial score (nSPS) is 18.6. The van der Waals surface area contributed by atoms with Crippen molar-refractivity contribution in [2.75, 3.05) is 43.5 Å². The summed E-state index contributed by atoms with van der Waals surface area (Å²) < 4.78 is 39.0. The van der Waals surface area contributed by atoms with Crippen molar-refractivity contribution in [1.29, 1.82) is 0 Å². The predicted molar refractivity (Wildman–Crippen MR) is 128 cm³/mol. The number of ether oxygens (including phenoxy) is 2. The highest BCUT2D eigenvalue weighted by Gasteiger charge is 2.30. The van der Waals surface area contributed by atoms with Crippen molar-refractivity contribution in [1.82, 2.24) is 4.31 Å². The number of hydrogen-bond acceptors (Lipinski definition) is 6. The van der Waals surface area contributed by atoms with E-state index in [1.807, 2.05) is 18.2 Å². The van der Waals surface area contributed by atoms with Gasteiger partial charge in [-0.15, -0.1) is 11.8 Å². The fourth-order valence-corrected chi connectivity index (χ4v) is 6.88. The Morgan fingerprint density at radius 2 is 1.70 bits per heavy atom. The van der Waals surface area contributed by atoms with Crippen molar-refractivity contribution >= 4 is 33.4 Å². The zero-order chi connectivity index (χ0) is 22.8. The molecule has 0 bridgehead atoms. The molecule has 3 heterocycles. The molecule has 3 aliphatic rings. The van der Waals surface area contributed by atoms with Crippen molar-refractivity contribution in [2.45, 2.75) is 41.9 Å². The van der Waals surface area contributed by atoms with Crippen LogP contribution in [-0.4, -0.2) is 57.2 Å². The summed E-state index contributed by atoms with van der Waals surface area (Å²) in [5, 5.41) is 0. The van der Waals surface area contributed by atoms with Crippen molar-refractivity contribution in [2.24, 2.45) is 0 Å². The van der Waals surface area contributed by atoms with Crippen LogP contribution in [-0.2, 0) is 21.2 Å². The minimum absolute atomic E-state index is 0.0116. The minimum atomic E-state index is -3.47. The van der Waals surface area contributed by atoms with E-state index in [-0.39, 0.29) is 5.91 Å². The van der Waals surface area contributed by atoms with Crippen LogP contribution in [0.15, 0.2) is 46.2 Å². The molecule has 2 aromatic carbocycles. The lowest BCUT2D eigenvalue weighted by Crippen LogP contribution is -2.35. The number of sulfonamides is 1. The van der Waals surface area contributed by atoms with Crippen LogP contribution in [0, 0.1) is 0 Å². The summed E-state index contributed by atoms with van der Waals surface area (Å²) in [5.74, 6) is 1.77. The lowest BCUT2D eigenvalue weighted by atomic mass is 10.2. The molecule has 0 aromatic heterocycles. The monoisotopic (exact) mass is 488 g/mol. The number of thioether (sulfide) groups is 1. The van der Waals surface area contributed by atoms with E-state index in [9.17, 15) is 13.2 Å². The topological polar surface area (TPSA) is 76.1 Å². The van der Waals surface area contributed by atoms with E-state index >= 15 is 0 Å². The molecule has 1 fully saturated rings. The fraction of sp³-hybridized carbons (Fsp3) is 0.458. The molecule has 3 aliphatic heterocycles. The first-order chi connectivity index (χ1) is 16.0. The minimum Gasteiger partial charge on any atom is -0.490 e. The molecule has 0 radical (unpaired) electrons. The van der Waals surface area contributed by atoms with Crippen molar-refractivity contribution in [3.05, 3.63) is 42.0 Å². The van der Waals surface area contributed by atoms with E-state index in [4.69, 9.17) is 9.47 Å². The summed E-state index contributed by atoms with van der Waals surface area (Å²) in [6.07, 6.45) is 4.42. The van der Waals surface area contributed by atoms with E-state index in [1.54, 1.807) is 27.4 Å². The van der Waals surface area contributed by atoms with Gasteiger partial charge in [0.25, 0.3) is 0 Å². The van der Waals surface area contributed by atoms with E-state index in [1.165, 1.54) is 11.8 Å². The number of anilines is 1. The Morgan fingerprint density at radius 3 is 2.52 bits per heavy atom. The van der Waals surface area contributed by atoms with Gasteiger partial charge in [0.15, 0.2) is 11.5 Å². The zero-order valence-corrected chi connectivity index (χ0v) is 20.1. The third kappa shape index (κ3) is 4.72. The molecule has 0 saturated carbocycles. The second-order valence-electron chi connectivity index (χ2n) is 8.50. The Labute approximate surface area is 199 Å². The van der Waals surface area contributed by atoms with Gasteiger partial charge in [-0.2, -0.15) is 4.31 Å². The molecular formula is C24H28N2O5S2. The van der Waals surface area contributed by atoms with Gasteiger partial charge in [0.05, 0.1) is 23.9 Å². The zero-order valence-electron chi connectivity index (χ0n) is 18.5. The number of rotatable bonds is 5. The number of nitrogens with zero attached hydrogens (tertiary/aromatic N) is 2. The van der Waals surface area contributed by atoms with Gasteiger partial charge in [-0.05, 0) is 61.2 Å². The van der Waals surface area contributed by atoms with Crippen LogP contribution >= 0.6 is 11.8 Å². The standard InChI is InChI=1S/C24H28N2O5S2/c27-24(17-32-19-5-8-22-23(16-19)31-14-4-13-30-22)26-12-9-18-15-20(6-7-21(18)26)33(28,29)25-10-2-1-3-11-25/h5-8,15-16H,1-4,9-14,17H2. The number of piperidine rings is 1. The summed E-state index contributed by atoms with van der Waals surface area (Å²) in [7, 11) is -3.47. The van der Waals surface area contributed by atoms with Crippen molar-refractivity contribution in [3.8, 4) is 11.5 Å². The molecule has 0 unspecified atom stereocenters. The van der Waals surface area contributed by atoms with Crippen LogP contribution in [0.3, 0.4) is 0 Å². The molecular weight excluding hydrogens is 460 g/mol. The smallest absolute Gasteiger partial charge is 0.243 e. The van der Waals surface area contributed by atoms with E-state index in [0.29, 0.717) is 49.9 Å². The maximum atomic E-state index is 13.0. The van der Waals surface area contributed by atoms with Gasteiger partial charge < -0.3 is 14.4 Å². The van der Waals surface area contributed by atoms with Gasteiger partial charge in [0.1, 0.15) is 0 Å². The van der Waals surface area contributed by atoms with Gasteiger partial charge in [-0.1, -0.05) is 6.42 Å². The number of carbonyl (C=O) groups excluding carboxylic acids is 1. The van der Waals surface area contributed by atoms with E-state index in [0.717, 1.165) is 53.3 Å². The maximum Gasteiger partial charge on any atom is 0.243 e. The molecule has 33 heavy (non-hydrogen) atoms. The average molecular weight is 489 g/mol. The molecule has 1 amide bonds. The molecule has 0 spiro atoms. The van der Waals surface area contributed by atoms with Crippen LogP contribution in [0.1, 0.15) is 31.2 Å². The van der Waals surface area contributed by atoms with E-state index in [2.05, 4.69) is 0 Å². The Kier molecular flexibility index (Phi) is 6.53. The third-order valence-electron chi connectivity index (χ3n) is 6.28. The SMILES string of the molecule is O=C(CSc1ccc2c(c1)OCCCO2)N1CCc2cc(S(=O)(=O)N3CCCCC3)ccc21. The van der Waals surface area contributed by atoms with Crippen LogP contribution in [0.4, 0.5) is 5.69 Å². The van der Waals surface area contributed by atoms with Crippen LogP contribution in [0.2, 0.25) is 0 Å². The molecule has 0 aliphatic carbocycles. The molecule has 7 nitrogen and oxygen atoms in total. The van der Waals surface area contributed by atoms with Gasteiger partial charge in [0, 0.05) is 36.6 Å². The second kappa shape index (κ2) is 9.56. The maximum absolute atomic E-state index is 13.0.